The maximum atomic E-state index is 11.7. The lowest BCUT2D eigenvalue weighted by atomic mass is 10.1. The van der Waals surface area contributed by atoms with Crippen LogP contribution in [-0.4, -0.2) is 18.2 Å². The first kappa shape index (κ1) is 15.9. The van der Waals surface area contributed by atoms with Crippen LogP contribution in [0.2, 0.25) is 5.02 Å². The van der Waals surface area contributed by atoms with Gasteiger partial charge in [-0.3, -0.25) is 4.79 Å². The van der Waals surface area contributed by atoms with Crippen LogP contribution in [0.1, 0.15) is 15.9 Å². The molecule has 2 aromatic carbocycles. The van der Waals surface area contributed by atoms with Gasteiger partial charge in [0.1, 0.15) is 18.1 Å². The summed E-state index contributed by atoms with van der Waals surface area (Å²) in [7, 11) is 1.53. The molecule has 0 aliphatic rings. The van der Waals surface area contributed by atoms with E-state index in [-0.39, 0.29) is 11.1 Å². The number of methoxy groups -OCH3 is 1. The number of benzene rings is 2. The number of Topliss-reactive ketones (excluding diaryl/α,β-unsaturated/α-hetero) is 1. The highest BCUT2D eigenvalue weighted by Crippen LogP contribution is 2.26. The molecule has 0 amide bonds. The first-order valence-electron chi connectivity index (χ1n) is 6.28. The van der Waals surface area contributed by atoms with Crippen molar-refractivity contribution in [2.45, 2.75) is 6.61 Å². The fourth-order valence-corrected chi connectivity index (χ4v) is 2.24. The lowest BCUT2D eigenvalue weighted by molar-refractivity contribution is 0.102. The second kappa shape index (κ2) is 7.48. The average Bonchev–Trinajstić information content (AvgIpc) is 2.53. The zero-order chi connectivity index (χ0) is 15.2. The Bertz CT molecular complexity index is 626. The molecular weight excluding hydrogens is 356 g/mol. The standard InChI is InChI=1S/C16H14BrClO3/c1-20-16-8-13(6-7-14(16)15(19)9-17)21-10-11-2-4-12(18)5-3-11/h2-8H,9-10H2,1H3. The van der Waals surface area contributed by atoms with E-state index >= 15 is 0 Å². The summed E-state index contributed by atoms with van der Waals surface area (Å²) in [5.41, 5.74) is 1.55. The van der Waals surface area contributed by atoms with E-state index in [0.717, 1.165) is 5.56 Å². The molecule has 0 radical (unpaired) electrons. The summed E-state index contributed by atoms with van der Waals surface area (Å²) in [6.45, 7) is 0.423. The molecule has 2 aromatic rings. The number of halogens is 2. The SMILES string of the molecule is COc1cc(OCc2ccc(Cl)cc2)ccc1C(=O)CBr. The molecule has 0 heterocycles. The zero-order valence-electron chi connectivity index (χ0n) is 11.4. The maximum absolute atomic E-state index is 11.7. The Morgan fingerprint density at radius 1 is 1.19 bits per heavy atom. The van der Waals surface area contributed by atoms with E-state index in [9.17, 15) is 4.79 Å². The normalized spacial score (nSPS) is 10.2. The molecule has 0 aliphatic carbocycles. The third kappa shape index (κ3) is 4.22. The Labute approximate surface area is 137 Å². The summed E-state index contributed by atoms with van der Waals surface area (Å²) >= 11 is 8.99. The highest BCUT2D eigenvalue weighted by atomic mass is 79.9. The van der Waals surface area contributed by atoms with E-state index < -0.39 is 0 Å². The fourth-order valence-electron chi connectivity index (χ4n) is 1.81. The van der Waals surface area contributed by atoms with Crippen LogP contribution in [0.4, 0.5) is 0 Å². The molecule has 110 valence electrons. The summed E-state index contributed by atoms with van der Waals surface area (Å²) in [6, 6.07) is 12.6. The van der Waals surface area contributed by atoms with Crippen molar-refractivity contribution in [3.8, 4) is 11.5 Å². The van der Waals surface area contributed by atoms with Crippen LogP contribution in [-0.2, 0) is 6.61 Å². The highest BCUT2D eigenvalue weighted by Gasteiger charge is 2.12. The minimum absolute atomic E-state index is 0.0314. The number of ketones is 1. The van der Waals surface area contributed by atoms with Gasteiger partial charge in [0, 0.05) is 11.1 Å². The first-order chi connectivity index (χ1) is 10.1. The average molecular weight is 370 g/mol. The summed E-state index contributed by atoms with van der Waals surface area (Å²) in [5, 5.41) is 0.951. The summed E-state index contributed by atoms with van der Waals surface area (Å²) in [6.07, 6.45) is 0. The molecule has 0 fully saturated rings. The van der Waals surface area contributed by atoms with E-state index in [1.165, 1.54) is 7.11 Å². The second-order valence-corrected chi connectivity index (χ2v) is 5.33. The van der Waals surface area contributed by atoms with Crippen LogP contribution < -0.4 is 9.47 Å². The molecule has 21 heavy (non-hydrogen) atoms. The van der Waals surface area contributed by atoms with Gasteiger partial charge in [-0.05, 0) is 29.8 Å². The van der Waals surface area contributed by atoms with Crippen LogP contribution in [0.3, 0.4) is 0 Å². The second-order valence-electron chi connectivity index (χ2n) is 4.33. The molecular formula is C16H14BrClO3. The molecule has 0 saturated carbocycles. The van der Waals surface area contributed by atoms with Gasteiger partial charge in [-0.15, -0.1) is 0 Å². The first-order valence-corrected chi connectivity index (χ1v) is 7.78. The predicted octanol–water partition coefficient (Wildman–Crippen LogP) is 4.51. The number of alkyl halides is 1. The van der Waals surface area contributed by atoms with Crippen molar-refractivity contribution < 1.29 is 14.3 Å². The molecule has 0 atom stereocenters. The molecule has 2 rings (SSSR count). The van der Waals surface area contributed by atoms with E-state index in [4.69, 9.17) is 21.1 Å². The van der Waals surface area contributed by atoms with Gasteiger partial charge in [0.05, 0.1) is 18.0 Å². The molecule has 0 N–H and O–H groups in total. The van der Waals surface area contributed by atoms with Gasteiger partial charge >= 0.3 is 0 Å². The zero-order valence-corrected chi connectivity index (χ0v) is 13.8. The van der Waals surface area contributed by atoms with Gasteiger partial charge in [-0.2, -0.15) is 0 Å². The van der Waals surface area contributed by atoms with Crippen LogP contribution >= 0.6 is 27.5 Å². The van der Waals surface area contributed by atoms with E-state index in [1.54, 1.807) is 18.2 Å². The van der Waals surface area contributed by atoms with Crippen molar-refractivity contribution in [1.29, 1.82) is 0 Å². The van der Waals surface area contributed by atoms with Crippen molar-refractivity contribution in [2.75, 3.05) is 12.4 Å². The van der Waals surface area contributed by atoms with Crippen LogP contribution in [0, 0.1) is 0 Å². The van der Waals surface area contributed by atoms with E-state index in [0.29, 0.717) is 28.7 Å². The minimum Gasteiger partial charge on any atom is -0.496 e. The summed E-state index contributed by atoms with van der Waals surface area (Å²) in [4.78, 5) is 11.7. The van der Waals surface area contributed by atoms with Crippen LogP contribution in [0.5, 0.6) is 11.5 Å². The Balaban J connectivity index is 2.10. The lowest BCUT2D eigenvalue weighted by Crippen LogP contribution is -2.04. The van der Waals surface area contributed by atoms with Crippen molar-refractivity contribution in [3.63, 3.8) is 0 Å². The molecule has 0 aromatic heterocycles. The van der Waals surface area contributed by atoms with Crippen molar-refractivity contribution >= 4 is 33.3 Å². The van der Waals surface area contributed by atoms with E-state index in [1.807, 2.05) is 24.3 Å². The Kier molecular flexibility index (Phi) is 5.65. The van der Waals surface area contributed by atoms with Gasteiger partial charge in [-0.25, -0.2) is 0 Å². The number of rotatable bonds is 6. The maximum Gasteiger partial charge on any atom is 0.177 e. The third-order valence-corrected chi connectivity index (χ3v) is 3.67. The largest absolute Gasteiger partial charge is 0.496 e. The number of ether oxygens (including phenoxy) is 2. The minimum atomic E-state index is -0.0314. The van der Waals surface area contributed by atoms with Crippen molar-refractivity contribution in [2.24, 2.45) is 0 Å². The molecule has 5 heteroatoms. The quantitative estimate of drug-likeness (QED) is 0.555. The number of carbonyl (C=O) groups is 1. The van der Waals surface area contributed by atoms with Crippen LogP contribution in [0.25, 0.3) is 0 Å². The molecule has 0 bridgehead atoms. The Morgan fingerprint density at radius 2 is 1.90 bits per heavy atom. The summed E-state index contributed by atoms with van der Waals surface area (Å²) < 4.78 is 10.9. The van der Waals surface area contributed by atoms with Crippen LogP contribution in [0.15, 0.2) is 42.5 Å². The fraction of sp³-hybridized carbons (Fsp3) is 0.188. The molecule has 0 spiro atoms. The van der Waals surface area contributed by atoms with Gasteiger partial charge in [0.15, 0.2) is 5.78 Å². The summed E-state index contributed by atoms with van der Waals surface area (Å²) in [5.74, 6) is 1.12. The Hall–Kier alpha value is -1.52. The third-order valence-electron chi connectivity index (χ3n) is 2.91. The van der Waals surface area contributed by atoms with Crippen molar-refractivity contribution in [1.82, 2.24) is 0 Å². The van der Waals surface area contributed by atoms with Gasteiger partial charge in [-0.1, -0.05) is 39.7 Å². The van der Waals surface area contributed by atoms with Gasteiger partial charge < -0.3 is 9.47 Å². The number of carbonyl (C=O) groups excluding carboxylic acids is 1. The van der Waals surface area contributed by atoms with E-state index in [2.05, 4.69) is 15.9 Å². The Morgan fingerprint density at radius 3 is 2.52 bits per heavy atom. The molecule has 0 aliphatic heterocycles. The van der Waals surface area contributed by atoms with Gasteiger partial charge in [0.25, 0.3) is 0 Å². The van der Waals surface area contributed by atoms with Crippen molar-refractivity contribution in [3.05, 3.63) is 58.6 Å². The smallest absolute Gasteiger partial charge is 0.177 e. The predicted molar refractivity (Wildman–Crippen MR) is 86.9 cm³/mol. The number of hydrogen-bond donors (Lipinski definition) is 0. The molecule has 0 saturated heterocycles. The van der Waals surface area contributed by atoms with Gasteiger partial charge in [0.2, 0.25) is 0 Å². The monoisotopic (exact) mass is 368 g/mol. The number of hydrogen-bond acceptors (Lipinski definition) is 3. The lowest BCUT2D eigenvalue weighted by Gasteiger charge is -2.11. The molecule has 3 nitrogen and oxygen atoms in total. The molecule has 0 unspecified atom stereocenters. The topological polar surface area (TPSA) is 35.5 Å². The highest BCUT2D eigenvalue weighted by molar-refractivity contribution is 9.09.